The molecule has 14 rings (SSSR count). The third-order valence-electron chi connectivity index (χ3n) is 12.1. The van der Waals surface area contributed by atoms with E-state index < -0.39 is 0 Å². The highest BCUT2D eigenvalue weighted by Crippen LogP contribution is 2.51. The SMILES string of the molecule is c1ccc(-n2c3ccccc3c3c(-c4nc(-n5c6cccc7c6c6c8c(ccc65)oc5ccc6cccc-7c6c58)nc5sc6ccccc6c45)cccc32)cc1. The Hall–Kier alpha value is -7.28. The van der Waals surface area contributed by atoms with Crippen molar-refractivity contribution < 1.29 is 4.42 Å². The molecule has 56 heavy (non-hydrogen) atoms. The summed E-state index contributed by atoms with van der Waals surface area (Å²) in [7, 11) is 0. The van der Waals surface area contributed by atoms with Gasteiger partial charge < -0.3 is 8.98 Å². The van der Waals surface area contributed by atoms with Crippen molar-refractivity contribution in [1.82, 2.24) is 19.1 Å². The second kappa shape index (κ2) is 10.3. The monoisotopic (exact) mass is 730 g/mol. The molecule has 0 atom stereocenters. The lowest BCUT2D eigenvalue weighted by Crippen LogP contribution is -2.03. The van der Waals surface area contributed by atoms with Gasteiger partial charge in [-0.15, -0.1) is 11.3 Å². The first-order valence-electron chi connectivity index (χ1n) is 18.9. The van der Waals surface area contributed by atoms with E-state index >= 15 is 0 Å². The average Bonchev–Trinajstić information content (AvgIpc) is 3.98. The Labute approximate surface area is 321 Å². The van der Waals surface area contributed by atoms with Gasteiger partial charge in [0.1, 0.15) is 16.0 Å². The summed E-state index contributed by atoms with van der Waals surface area (Å²) in [5.41, 5.74) is 11.9. The summed E-state index contributed by atoms with van der Waals surface area (Å²) in [4.78, 5) is 12.2. The van der Waals surface area contributed by atoms with Crippen LogP contribution in [0.25, 0.3) is 131 Å². The molecule has 5 nitrogen and oxygen atoms in total. The topological polar surface area (TPSA) is 48.8 Å². The van der Waals surface area contributed by atoms with Crippen LogP contribution < -0.4 is 0 Å². The fourth-order valence-corrected chi connectivity index (χ4v) is 11.0. The van der Waals surface area contributed by atoms with Crippen LogP contribution in [0.2, 0.25) is 0 Å². The molecule has 0 spiro atoms. The second-order valence-corrected chi connectivity index (χ2v) is 15.9. The molecule has 258 valence electrons. The lowest BCUT2D eigenvalue weighted by atomic mass is 9.95. The van der Waals surface area contributed by atoms with Gasteiger partial charge in [-0.05, 0) is 71.1 Å². The maximum atomic E-state index is 6.59. The number of rotatable bonds is 3. The lowest BCUT2D eigenvalue weighted by molar-refractivity contribution is 0.669. The van der Waals surface area contributed by atoms with Crippen molar-refractivity contribution in [3.63, 3.8) is 0 Å². The molecular weight excluding hydrogens is 705 g/mol. The summed E-state index contributed by atoms with van der Waals surface area (Å²) in [5, 5.41) is 11.8. The zero-order chi connectivity index (χ0) is 36.2. The number of benzene rings is 8. The summed E-state index contributed by atoms with van der Waals surface area (Å²) in [6.45, 7) is 0. The number of thiophene rings is 1. The highest BCUT2D eigenvalue weighted by atomic mass is 32.1. The van der Waals surface area contributed by atoms with Crippen molar-refractivity contribution in [1.29, 1.82) is 0 Å². The summed E-state index contributed by atoms with van der Waals surface area (Å²) in [5.74, 6) is 0.658. The van der Waals surface area contributed by atoms with Crippen molar-refractivity contribution in [2.75, 3.05) is 0 Å². The first kappa shape index (κ1) is 29.1. The van der Waals surface area contributed by atoms with Crippen LogP contribution in [-0.2, 0) is 0 Å². The van der Waals surface area contributed by atoms with E-state index in [2.05, 4.69) is 167 Å². The van der Waals surface area contributed by atoms with Gasteiger partial charge in [0, 0.05) is 64.4 Å². The van der Waals surface area contributed by atoms with Gasteiger partial charge in [0.05, 0.1) is 27.8 Å². The molecule has 0 unspecified atom stereocenters. The largest absolute Gasteiger partial charge is 0.456 e. The van der Waals surface area contributed by atoms with Gasteiger partial charge in [-0.2, -0.15) is 0 Å². The summed E-state index contributed by atoms with van der Waals surface area (Å²) in [6, 6.07) is 56.6. The van der Waals surface area contributed by atoms with E-state index in [1.165, 1.54) is 58.9 Å². The van der Waals surface area contributed by atoms with E-state index in [1.807, 2.05) is 0 Å². The maximum Gasteiger partial charge on any atom is 0.236 e. The first-order valence-corrected chi connectivity index (χ1v) is 19.7. The van der Waals surface area contributed by atoms with E-state index in [-0.39, 0.29) is 0 Å². The van der Waals surface area contributed by atoms with Crippen molar-refractivity contribution in [2.24, 2.45) is 0 Å². The number of hydrogen-bond acceptors (Lipinski definition) is 4. The summed E-state index contributed by atoms with van der Waals surface area (Å²) >= 11 is 1.73. The van der Waals surface area contributed by atoms with Crippen molar-refractivity contribution in [3.8, 4) is 34.0 Å². The van der Waals surface area contributed by atoms with Gasteiger partial charge >= 0.3 is 0 Å². The predicted molar refractivity (Wildman–Crippen MR) is 233 cm³/mol. The number of fused-ring (bicyclic) bond motifs is 7. The fourth-order valence-electron chi connectivity index (χ4n) is 9.92. The van der Waals surface area contributed by atoms with Crippen LogP contribution >= 0.6 is 11.3 Å². The Bertz CT molecular complexity index is 3880. The Balaban J connectivity index is 1.15. The minimum absolute atomic E-state index is 0.658. The molecular formula is C50H26N4OS. The molecule has 0 aliphatic heterocycles. The Morgan fingerprint density at radius 3 is 1.95 bits per heavy atom. The van der Waals surface area contributed by atoms with E-state index in [0.717, 1.165) is 65.8 Å². The van der Waals surface area contributed by atoms with E-state index in [9.17, 15) is 0 Å². The van der Waals surface area contributed by atoms with E-state index in [4.69, 9.17) is 14.4 Å². The standard InChI is InChI=1S/C50H26N4OS/c1-2-12-28(13-3-1)53-34-19-6-4-14-31(34)42-33(18-10-20-35(42)53)48-44-32-15-5-7-22-40(32)56-49(44)52-50(51-48)54-36-21-9-17-30-29-16-8-11-27-23-25-38-46(41(27)29)47-39(55-38)26-24-37(54)45(47)43(30)36/h1-26H. The maximum absolute atomic E-state index is 6.59. The minimum atomic E-state index is 0.658. The van der Waals surface area contributed by atoms with Gasteiger partial charge in [0.15, 0.2) is 0 Å². The normalized spacial score (nSPS) is 12.6. The Kier molecular flexibility index (Phi) is 5.34. The van der Waals surface area contributed by atoms with Crippen LogP contribution in [0, 0.1) is 0 Å². The van der Waals surface area contributed by atoms with Crippen molar-refractivity contribution >= 4 is 108 Å². The van der Waals surface area contributed by atoms with E-state index in [0.29, 0.717) is 5.95 Å². The van der Waals surface area contributed by atoms with Gasteiger partial charge in [-0.25, -0.2) is 9.97 Å². The number of aromatic nitrogens is 4. The number of nitrogens with zero attached hydrogens (tertiary/aromatic N) is 4. The van der Waals surface area contributed by atoms with Gasteiger partial charge in [-0.3, -0.25) is 4.57 Å². The molecule has 0 fully saturated rings. The third kappa shape index (κ3) is 3.51. The molecule has 5 aromatic heterocycles. The molecule has 0 saturated carbocycles. The van der Waals surface area contributed by atoms with Crippen LogP contribution in [0.4, 0.5) is 0 Å². The fraction of sp³-hybridized carbons (Fsp3) is 0. The van der Waals surface area contributed by atoms with Crippen LogP contribution in [0.1, 0.15) is 0 Å². The zero-order valence-electron chi connectivity index (χ0n) is 29.6. The first-order chi connectivity index (χ1) is 27.8. The molecule has 8 aromatic carbocycles. The highest BCUT2D eigenvalue weighted by molar-refractivity contribution is 7.25. The van der Waals surface area contributed by atoms with Crippen LogP contribution in [0.5, 0.6) is 0 Å². The van der Waals surface area contributed by atoms with E-state index in [1.54, 1.807) is 11.3 Å². The quantitative estimate of drug-likeness (QED) is 0.182. The molecule has 13 aromatic rings. The second-order valence-electron chi connectivity index (χ2n) is 14.9. The van der Waals surface area contributed by atoms with Gasteiger partial charge in [0.2, 0.25) is 5.95 Å². The summed E-state index contributed by atoms with van der Waals surface area (Å²) in [6.07, 6.45) is 0. The number of hydrogen-bond donors (Lipinski definition) is 0. The molecule has 0 N–H and O–H groups in total. The third-order valence-corrected chi connectivity index (χ3v) is 13.1. The predicted octanol–water partition coefficient (Wildman–Crippen LogP) is 13.7. The molecule has 5 heterocycles. The Morgan fingerprint density at radius 1 is 0.411 bits per heavy atom. The summed E-state index contributed by atoms with van der Waals surface area (Å²) < 4.78 is 12.5. The molecule has 0 amide bonds. The smallest absolute Gasteiger partial charge is 0.236 e. The molecule has 6 heteroatoms. The molecule has 1 aliphatic rings. The van der Waals surface area contributed by atoms with Gasteiger partial charge in [0.25, 0.3) is 0 Å². The van der Waals surface area contributed by atoms with Crippen molar-refractivity contribution in [3.05, 3.63) is 158 Å². The van der Waals surface area contributed by atoms with Crippen molar-refractivity contribution in [2.45, 2.75) is 0 Å². The minimum Gasteiger partial charge on any atom is -0.456 e. The van der Waals surface area contributed by atoms with Crippen LogP contribution in [0.3, 0.4) is 0 Å². The number of furan rings is 1. The zero-order valence-corrected chi connectivity index (χ0v) is 30.4. The molecule has 0 bridgehead atoms. The molecule has 0 saturated heterocycles. The van der Waals surface area contributed by atoms with Crippen LogP contribution in [0.15, 0.2) is 162 Å². The highest BCUT2D eigenvalue weighted by Gasteiger charge is 2.28. The van der Waals surface area contributed by atoms with Gasteiger partial charge in [-0.1, -0.05) is 103 Å². The average molecular weight is 731 g/mol. The van der Waals surface area contributed by atoms with Crippen LogP contribution in [-0.4, -0.2) is 19.1 Å². The Morgan fingerprint density at radius 2 is 1.07 bits per heavy atom. The lowest BCUT2D eigenvalue weighted by Gasteiger charge is -2.13. The molecule has 1 aliphatic carbocycles. The molecule has 0 radical (unpaired) electrons. The number of para-hydroxylation sites is 2.